The molecule has 0 spiro atoms. The van der Waals surface area contributed by atoms with Gasteiger partial charge in [0, 0.05) is 31.0 Å². The Morgan fingerprint density at radius 3 is 2.79 bits per heavy atom. The molecule has 5 rings (SSSR count). The number of phenolic OH excluding ortho intramolecular Hbond substituents is 1. The van der Waals surface area contributed by atoms with Crippen LogP contribution < -0.4 is 5.32 Å². The van der Waals surface area contributed by atoms with Crippen LogP contribution in [-0.2, 0) is 6.18 Å². The smallest absolute Gasteiger partial charge is 0.416 e. The number of imidazole rings is 1. The highest BCUT2D eigenvalue weighted by Gasteiger charge is 2.37. The van der Waals surface area contributed by atoms with E-state index in [0.29, 0.717) is 23.6 Å². The van der Waals surface area contributed by atoms with Gasteiger partial charge >= 0.3 is 6.18 Å². The van der Waals surface area contributed by atoms with Crippen LogP contribution in [0.15, 0.2) is 30.6 Å². The number of aromatic hydroxyl groups is 1. The highest BCUT2D eigenvalue weighted by atomic mass is 19.4. The topological polar surface area (TPSA) is 78.6 Å². The van der Waals surface area contributed by atoms with E-state index >= 15 is 0 Å². The number of nitrogens with one attached hydrogen (secondary N) is 1. The van der Waals surface area contributed by atoms with Gasteiger partial charge in [-0.2, -0.15) is 13.2 Å². The van der Waals surface area contributed by atoms with Crippen LogP contribution in [0.5, 0.6) is 5.75 Å². The molecule has 0 saturated carbocycles. The Morgan fingerprint density at radius 2 is 2.00 bits per heavy atom. The number of alkyl halides is 3. The summed E-state index contributed by atoms with van der Waals surface area (Å²) in [5.41, 5.74) is -0.247. The number of rotatable bonds is 3. The Balaban J connectivity index is 1.50. The van der Waals surface area contributed by atoms with Gasteiger partial charge in [0.15, 0.2) is 17.3 Å². The zero-order valence-electron chi connectivity index (χ0n) is 15.4. The minimum Gasteiger partial charge on any atom is -0.507 e. The molecule has 10 heteroatoms. The van der Waals surface area contributed by atoms with Crippen molar-refractivity contribution in [3.05, 3.63) is 36.2 Å². The van der Waals surface area contributed by atoms with Gasteiger partial charge in [-0.25, -0.2) is 4.98 Å². The second-order valence-electron chi connectivity index (χ2n) is 7.51. The van der Waals surface area contributed by atoms with Crippen molar-refractivity contribution in [1.82, 2.24) is 24.5 Å². The Bertz CT molecular complexity index is 1070. The van der Waals surface area contributed by atoms with Crippen LogP contribution in [0.3, 0.4) is 0 Å². The van der Waals surface area contributed by atoms with E-state index in [-0.39, 0.29) is 17.4 Å². The van der Waals surface area contributed by atoms with Gasteiger partial charge in [0.1, 0.15) is 5.75 Å². The van der Waals surface area contributed by atoms with Crippen LogP contribution >= 0.6 is 0 Å². The van der Waals surface area contributed by atoms with Crippen molar-refractivity contribution in [2.45, 2.75) is 37.5 Å². The summed E-state index contributed by atoms with van der Waals surface area (Å²) in [5, 5.41) is 22.1. The first-order chi connectivity index (χ1) is 13.9. The van der Waals surface area contributed by atoms with E-state index in [0.717, 1.165) is 32.0 Å². The molecule has 0 radical (unpaired) electrons. The molecule has 7 nitrogen and oxygen atoms in total. The van der Waals surface area contributed by atoms with E-state index in [9.17, 15) is 18.3 Å². The van der Waals surface area contributed by atoms with Crippen LogP contribution in [0.1, 0.15) is 24.8 Å². The van der Waals surface area contributed by atoms with E-state index < -0.39 is 17.5 Å². The lowest BCUT2D eigenvalue weighted by Crippen LogP contribution is -2.34. The summed E-state index contributed by atoms with van der Waals surface area (Å²) in [5.74, 6) is 0.245. The number of hydrogen-bond donors (Lipinski definition) is 2. The molecule has 2 aromatic heterocycles. The second-order valence-corrected chi connectivity index (χ2v) is 7.51. The fraction of sp³-hybridized carbons (Fsp3) is 0.421. The highest BCUT2D eigenvalue weighted by molar-refractivity contribution is 5.71. The summed E-state index contributed by atoms with van der Waals surface area (Å²) in [6.45, 7) is 2.18. The molecule has 1 aromatic carbocycles. The molecule has 2 N–H and O–H groups in total. The van der Waals surface area contributed by atoms with Crippen molar-refractivity contribution < 1.29 is 18.3 Å². The van der Waals surface area contributed by atoms with E-state index in [1.165, 1.54) is 12.5 Å². The highest BCUT2D eigenvalue weighted by Crippen LogP contribution is 2.36. The van der Waals surface area contributed by atoms with Gasteiger partial charge in [-0.05, 0) is 44.0 Å². The molecular weight excluding hydrogens is 385 g/mol. The maximum atomic E-state index is 12.9. The van der Waals surface area contributed by atoms with Gasteiger partial charge in [0.2, 0.25) is 0 Å². The van der Waals surface area contributed by atoms with Gasteiger partial charge in [-0.1, -0.05) is 0 Å². The number of phenols is 1. The van der Waals surface area contributed by atoms with Gasteiger partial charge in [-0.15, -0.1) is 10.2 Å². The molecule has 2 fully saturated rings. The number of nitrogens with zero attached hydrogens (tertiary/aromatic N) is 5. The number of anilines is 1. The maximum Gasteiger partial charge on any atom is 0.416 e. The number of fused-ring (bicyclic) bond motifs is 2. The van der Waals surface area contributed by atoms with Crippen molar-refractivity contribution in [3.8, 4) is 17.1 Å². The summed E-state index contributed by atoms with van der Waals surface area (Å²) in [6.07, 6.45) is 2.05. The normalized spacial score (nSPS) is 22.3. The molecule has 2 aliphatic heterocycles. The third-order valence-corrected chi connectivity index (χ3v) is 5.82. The van der Waals surface area contributed by atoms with Crippen molar-refractivity contribution >= 4 is 11.5 Å². The van der Waals surface area contributed by atoms with E-state index in [4.69, 9.17) is 0 Å². The van der Waals surface area contributed by atoms with Gasteiger partial charge < -0.3 is 10.4 Å². The number of benzene rings is 1. The average Bonchev–Trinajstić information content (AvgIpc) is 3.39. The first-order valence-corrected chi connectivity index (χ1v) is 9.53. The molecule has 2 saturated heterocycles. The Labute approximate surface area is 164 Å². The lowest BCUT2D eigenvalue weighted by molar-refractivity contribution is -0.137. The van der Waals surface area contributed by atoms with Crippen LogP contribution in [-0.4, -0.2) is 54.8 Å². The molecule has 0 aliphatic carbocycles. The molecule has 2 aliphatic rings. The lowest BCUT2D eigenvalue weighted by atomic mass is 10.1. The average molecular weight is 404 g/mol. The predicted molar refractivity (Wildman–Crippen MR) is 99.5 cm³/mol. The Hall–Kier alpha value is -2.88. The molecule has 2 unspecified atom stereocenters. The first kappa shape index (κ1) is 18.2. The van der Waals surface area contributed by atoms with E-state index in [1.807, 2.05) is 0 Å². The standard InChI is InChI=1S/C19H19F3N6O/c20-19(21,22)11-3-4-12(15(29)10-11)17-26-25-16(18-23-6-9-28(17)18)24-13-5-8-27-7-1-2-14(13)27/h3-4,6,9-10,13-14,29H,1-2,5,7-8H2,(H,24,25). The molecule has 3 aromatic rings. The molecule has 152 valence electrons. The first-order valence-electron chi connectivity index (χ1n) is 9.53. The Morgan fingerprint density at radius 1 is 1.14 bits per heavy atom. The third kappa shape index (κ3) is 3.07. The third-order valence-electron chi connectivity index (χ3n) is 5.82. The minimum atomic E-state index is -4.53. The molecule has 4 heterocycles. The number of aromatic nitrogens is 4. The zero-order chi connectivity index (χ0) is 20.2. The number of halogens is 3. The predicted octanol–water partition coefficient (Wildman–Crippen LogP) is 3.16. The molecular formula is C19H19F3N6O. The quantitative estimate of drug-likeness (QED) is 0.698. The van der Waals surface area contributed by atoms with Crippen molar-refractivity contribution in [1.29, 1.82) is 0 Å². The molecule has 0 bridgehead atoms. The van der Waals surface area contributed by atoms with Crippen LogP contribution in [0.4, 0.5) is 19.0 Å². The van der Waals surface area contributed by atoms with Gasteiger partial charge in [0.05, 0.1) is 11.1 Å². The number of hydrogen-bond acceptors (Lipinski definition) is 6. The summed E-state index contributed by atoms with van der Waals surface area (Å²) >= 11 is 0. The molecule has 29 heavy (non-hydrogen) atoms. The summed E-state index contributed by atoms with van der Waals surface area (Å²) in [6, 6.07) is 3.54. The van der Waals surface area contributed by atoms with Crippen LogP contribution in [0, 0.1) is 0 Å². The lowest BCUT2D eigenvalue weighted by Gasteiger charge is -2.21. The summed E-state index contributed by atoms with van der Waals surface area (Å²) < 4.78 is 40.3. The maximum absolute atomic E-state index is 12.9. The van der Waals surface area contributed by atoms with Crippen molar-refractivity contribution in [2.75, 3.05) is 18.4 Å². The molecule has 2 atom stereocenters. The van der Waals surface area contributed by atoms with Gasteiger partial charge in [0.25, 0.3) is 0 Å². The second kappa shape index (κ2) is 6.58. The Kier molecular flexibility index (Phi) is 4.12. The largest absolute Gasteiger partial charge is 0.507 e. The van der Waals surface area contributed by atoms with Gasteiger partial charge in [-0.3, -0.25) is 9.30 Å². The van der Waals surface area contributed by atoms with E-state index in [1.54, 1.807) is 16.8 Å². The van der Waals surface area contributed by atoms with Crippen molar-refractivity contribution in [3.63, 3.8) is 0 Å². The van der Waals surface area contributed by atoms with Crippen LogP contribution in [0.25, 0.3) is 17.0 Å². The van der Waals surface area contributed by atoms with Crippen LogP contribution in [0.2, 0.25) is 0 Å². The summed E-state index contributed by atoms with van der Waals surface area (Å²) in [4.78, 5) is 6.82. The van der Waals surface area contributed by atoms with E-state index in [2.05, 4.69) is 25.4 Å². The van der Waals surface area contributed by atoms with Crippen molar-refractivity contribution in [2.24, 2.45) is 0 Å². The monoisotopic (exact) mass is 404 g/mol. The zero-order valence-corrected chi connectivity index (χ0v) is 15.4. The molecule has 0 amide bonds. The fourth-order valence-corrected chi connectivity index (χ4v) is 4.44. The fourth-order valence-electron chi connectivity index (χ4n) is 4.44. The minimum absolute atomic E-state index is 0.155. The summed E-state index contributed by atoms with van der Waals surface area (Å²) in [7, 11) is 0. The SMILES string of the molecule is Oc1cc(C(F)(F)F)ccc1-c1nnc(NC2CCN3CCCC23)c2nccn12.